The highest BCUT2D eigenvalue weighted by molar-refractivity contribution is 6.28. The van der Waals surface area contributed by atoms with Crippen molar-refractivity contribution in [2.24, 2.45) is 7.05 Å². The monoisotopic (exact) mass is 242 g/mol. The summed E-state index contributed by atoms with van der Waals surface area (Å²) in [5, 5.41) is 0.113. The van der Waals surface area contributed by atoms with Crippen LogP contribution >= 0.6 is 11.6 Å². The maximum Gasteiger partial charge on any atom is 0.332 e. The normalized spacial score (nSPS) is 11.2. The molecule has 0 fully saturated rings. The number of nitrogens with one attached hydrogen (secondary N) is 1. The average molecular weight is 243 g/mol. The van der Waals surface area contributed by atoms with Crippen LogP contribution in [-0.4, -0.2) is 19.1 Å². The number of hydrogen-bond donors (Lipinski definition) is 1. The molecule has 0 spiro atoms. The molecule has 86 valence electrons. The fourth-order valence-electron chi connectivity index (χ4n) is 1.63. The Balaban J connectivity index is 2.97. The number of hydrogen-bond acceptors (Lipinski definition) is 3. The standard InChI is InChI=1S/C9H11ClN4O2/c1-3-4-14-6-5(11-8(10)12-6)7(15)13(2)9(14)16/h3-4H2,1-2H3,(H,11,12). The van der Waals surface area contributed by atoms with E-state index in [1.165, 1.54) is 11.6 Å². The molecule has 1 N–H and O–H groups in total. The summed E-state index contributed by atoms with van der Waals surface area (Å²) < 4.78 is 2.49. The maximum atomic E-state index is 11.8. The van der Waals surface area contributed by atoms with Crippen LogP contribution in [0.1, 0.15) is 13.3 Å². The van der Waals surface area contributed by atoms with Crippen molar-refractivity contribution in [2.45, 2.75) is 19.9 Å². The molecule has 0 aliphatic rings. The predicted molar refractivity (Wildman–Crippen MR) is 60.9 cm³/mol. The van der Waals surface area contributed by atoms with Crippen molar-refractivity contribution in [1.82, 2.24) is 19.1 Å². The molecule has 0 atom stereocenters. The van der Waals surface area contributed by atoms with Gasteiger partial charge in [0.25, 0.3) is 5.56 Å². The van der Waals surface area contributed by atoms with E-state index in [1.54, 1.807) is 0 Å². The van der Waals surface area contributed by atoms with Crippen LogP contribution in [0.5, 0.6) is 0 Å². The largest absolute Gasteiger partial charge is 0.332 e. The first-order valence-corrected chi connectivity index (χ1v) is 5.29. The lowest BCUT2D eigenvalue weighted by atomic mass is 10.4. The number of H-pyrrole nitrogens is 1. The number of nitrogens with zero attached hydrogens (tertiary/aromatic N) is 3. The first-order chi connectivity index (χ1) is 7.56. The molecule has 2 aromatic heterocycles. The third-order valence-electron chi connectivity index (χ3n) is 2.40. The zero-order chi connectivity index (χ0) is 11.9. The molecule has 2 heterocycles. The van der Waals surface area contributed by atoms with Gasteiger partial charge in [-0.2, -0.15) is 4.98 Å². The summed E-state index contributed by atoms with van der Waals surface area (Å²) in [5.41, 5.74) is -0.199. The number of rotatable bonds is 2. The molecule has 7 heteroatoms. The van der Waals surface area contributed by atoms with Gasteiger partial charge in [0.05, 0.1) is 0 Å². The molecular weight excluding hydrogens is 232 g/mol. The van der Waals surface area contributed by atoms with E-state index in [4.69, 9.17) is 11.6 Å². The Morgan fingerprint density at radius 3 is 2.75 bits per heavy atom. The molecule has 0 radical (unpaired) electrons. The van der Waals surface area contributed by atoms with Crippen LogP contribution in [0.25, 0.3) is 11.2 Å². The SMILES string of the molecule is CCCn1c(=O)n(C)c(=O)c2[nH]c(Cl)nc21. The van der Waals surface area contributed by atoms with Gasteiger partial charge in [-0.1, -0.05) is 6.92 Å². The van der Waals surface area contributed by atoms with Gasteiger partial charge >= 0.3 is 5.69 Å². The van der Waals surface area contributed by atoms with E-state index >= 15 is 0 Å². The maximum absolute atomic E-state index is 11.8. The molecule has 0 aliphatic carbocycles. The summed E-state index contributed by atoms with van der Waals surface area (Å²) in [6.45, 7) is 2.45. The van der Waals surface area contributed by atoms with Gasteiger partial charge in [-0.05, 0) is 18.0 Å². The molecule has 2 aromatic rings. The Morgan fingerprint density at radius 2 is 2.12 bits per heavy atom. The number of fused-ring (bicyclic) bond motifs is 1. The van der Waals surface area contributed by atoms with Gasteiger partial charge in [-0.25, -0.2) is 4.79 Å². The summed E-state index contributed by atoms with van der Waals surface area (Å²) in [6, 6.07) is 0. The molecule has 0 aromatic carbocycles. The van der Waals surface area contributed by atoms with Crippen molar-refractivity contribution in [3.05, 3.63) is 26.1 Å². The van der Waals surface area contributed by atoms with E-state index in [9.17, 15) is 9.59 Å². The van der Waals surface area contributed by atoms with E-state index in [0.717, 1.165) is 11.0 Å². The number of aromatic nitrogens is 4. The molecule has 0 aliphatic heterocycles. The van der Waals surface area contributed by atoms with Crippen LogP contribution in [0.15, 0.2) is 9.59 Å². The van der Waals surface area contributed by atoms with Crippen LogP contribution in [0.4, 0.5) is 0 Å². The Morgan fingerprint density at radius 1 is 1.44 bits per heavy atom. The topological polar surface area (TPSA) is 72.7 Å². The average Bonchev–Trinajstić information content (AvgIpc) is 2.63. The van der Waals surface area contributed by atoms with Crippen LogP contribution in [0, 0.1) is 0 Å². The smallest absolute Gasteiger partial charge is 0.323 e. The van der Waals surface area contributed by atoms with E-state index in [1.807, 2.05) is 6.92 Å². The van der Waals surface area contributed by atoms with Crippen molar-refractivity contribution in [3.8, 4) is 0 Å². The lowest BCUT2D eigenvalue weighted by molar-refractivity contribution is 0.611. The fourth-order valence-corrected chi connectivity index (χ4v) is 1.81. The highest BCUT2D eigenvalue weighted by Gasteiger charge is 2.13. The Kier molecular flexibility index (Phi) is 2.59. The fraction of sp³-hybridized carbons (Fsp3) is 0.444. The van der Waals surface area contributed by atoms with Crippen molar-refractivity contribution in [2.75, 3.05) is 0 Å². The number of aromatic amines is 1. The first-order valence-electron chi connectivity index (χ1n) is 4.91. The van der Waals surface area contributed by atoms with Gasteiger partial charge in [0.2, 0.25) is 5.28 Å². The molecule has 0 saturated carbocycles. The molecule has 0 saturated heterocycles. The van der Waals surface area contributed by atoms with Crippen LogP contribution in [0.2, 0.25) is 5.28 Å². The highest BCUT2D eigenvalue weighted by atomic mass is 35.5. The molecule has 0 bridgehead atoms. The molecule has 2 rings (SSSR count). The minimum Gasteiger partial charge on any atom is -0.323 e. The second-order valence-electron chi connectivity index (χ2n) is 3.52. The number of aryl methyl sites for hydroxylation is 1. The first kappa shape index (κ1) is 10.9. The van der Waals surface area contributed by atoms with Crippen LogP contribution in [0.3, 0.4) is 0 Å². The second-order valence-corrected chi connectivity index (χ2v) is 3.88. The van der Waals surface area contributed by atoms with Crippen molar-refractivity contribution in [3.63, 3.8) is 0 Å². The zero-order valence-corrected chi connectivity index (χ0v) is 9.71. The van der Waals surface area contributed by atoms with E-state index in [0.29, 0.717) is 12.2 Å². The third kappa shape index (κ3) is 1.46. The molecular formula is C9H11ClN4O2. The Labute approximate surface area is 95.5 Å². The van der Waals surface area contributed by atoms with Gasteiger partial charge in [0, 0.05) is 13.6 Å². The Hall–Kier alpha value is -1.56. The van der Waals surface area contributed by atoms with Gasteiger partial charge in [-0.3, -0.25) is 13.9 Å². The van der Waals surface area contributed by atoms with Crippen molar-refractivity contribution < 1.29 is 0 Å². The summed E-state index contributed by atoms with van der Waals surface area (Å²) in [6.07, 6.45) is 0.775. The summed E-state index contributed by atoms with van der Waals surface area (Å²) >= 11 is 5.70. The highest BCUT2D eigenvalue weighted by Crippen LogP contribution is 2.09. The van der Waals surface area contributed by atoms with E-state index in [2.05, 4.69) is 9.97 Å². The molecule has 16 heavy (non-hydrogen) atoms. The lowest BCUT2D eigenvalue weighted by Gasteiger charge is -2.06. The summed E-state index contributed by atoms with van der Waals surface area (Å²) in [4.78, 5) is 30.2. The summed E-state index contributed by atoms with van der Waals surface area (Å²) in [7, 11) is 1.44. The van der Waals surface area contributed by atoms with Crippen molar-refractivity contribution in [1.29, 1.82) is 0 Å². The minimum atomic E-state index is -0.410. The van der Waals surface area contributed by atoms with Gasteiger partial charge in [0.15, 0.2) is 11.2 Å². The Bertz CT molecular complexity index is 652. The predicted octanol–water partition coefficient (Wildman–Crippen LogP) is 0.487. The van der Waals surface area contributed by atoms with E-state index < -0.39 is 5.56 Å². The summed E-state index contributed by atoms with van der Waals surface area (Å²) in [5.74, 6) is 0. The van der Waals surface area contributed by atoms with Gasteiger partial charge in [-0.15, -0.1) is 0 Å². The zero-order valence-electron chi connectivity index (χ0n) is 8.95. The van der Waals surface area contributed by atoms with Gasteiger partial charge < -0.3 is 4.98 Å². The number of halogens is 1. The lowest BCUT2D eigenvalue weighted by Crippen LogP contribution is -2.38. The quantitative estimate of drug-likeness (QED) is 0.779. The van der Waals surface area contributed by atoms with Crippen LogP contribution < -0.4 is 11.2 Å². The second kappa shape index (κ2) is 3.79. The minimum absolute atomic E-state index is 0.113. The molecule has 6 nitrogen and oxygen atoms in total. The van der Waals surface area contributed by atoms with Gasteiger partial charge in [0.1, 0.15) is 0 Å². The van der Waals surface area contributed by atoms with Crippen LogP contribution in [-0.2, 0) is 13.6 Å². The van der Waals surface area contributed by atoms with E-state index in [-0.39, 0.29) is 16.5 Å². The third-order valence-corrected chi connectivity index (χ3v) is 2.57. The number of imidazole rings is 1. The molecule has 0 unspecified atom stereocenters. The molecule has 0 amide bonds. The van der Waals surface area contributed by atoms with Crippen molar-refractivity contribution >= 4 is 22.8 Å².